The zero-order valence-corrected chi connectivity index (χ0v) is 7.20. The molecular weight excluding hydrogens is 136 g/mol. The minimum absolute atomic E-state index is 0.581. The van der Waals surface area contributed by atoms with Gasteiger partial charge in [-0.15, -0.1) is 0 Å². The molecule has 0 aliphatic carbocycles. The van der Waals surface area contributed by atoms with Gasteiger partial charge in [0, 0.05) is 0 Å². The van der Waals surface area contributed by atoms with Gasteiger partial charge in [0.2, 0.25) is 0 Å². The van der Waals surface area contributed by atoms with Crippen LogP contribution in [0, 0.1) is 0 Å². The predicted octanol–water partition coefficient (Wildman–Crippen LogP) is 1.16. The van der Waals surface area contributed by atoms with Crippen molar-refractivity contribution in [3.05, 3.63) is 41.2 Å². The highest BCUT2D eigenvalue weighted by molar-refractivity contribution is 6.93. The number of rotatable bonds is 1. The third-order valence-corrected chi connectivity index (χ3v) is 4.69. The first kappa shape index (κ1) is 5.92. The van der Waals surface area contributed by atoms with Crippen LogP contribution in [-0.4, -0.2) is 8.80 Å². The Morgan fingerprint density at radius 1 is 1.10 bits per heavy atom. The van der Waals surface area contributed by atoms with Crippen LogP contribution >= 0.6 is 0 Å². The summed E-state index contributed by atoms with van der Waals surface area (Å²) in [6, 6.07) is 10.8. The topological polar surface area (TPSA) is 0 Å². The number of hydrogen-bond acceptors (Lipinski definition) is 0. The van der Waals surface area contributed by atoms with Crippen LogP contribution in [0.2, 0.25) is 0 Å². The summed E-state index contributed by atoms with van der Waals surface area (Å²) in [5, 5.41) is 3.21. The van der Waals surface area contributed by atoms with Crippen molar-refractivity contribution in [2.75, 3.05) is 0 Å². The molecule has 1 aliphatic rings. The zero-order chi connectivity index (χ0) is 6.97. The monoisotopic (exact) mass is 146 g/mol. The lowest BCUT2D eigenvalue weighted by atomic mass is 10.4. The number of benzene rings is 1. The van der Waals surface area contributed by atoms with Gasteiger partial charge in [-0.3, -0.25) is 0 Å². The van der Waals surface area contributed by atoms with E-state index in [1.165, 1.54) is 0 Å². The third kappa shape index (κ3) is 0.928. The normalized spacial score (nSPS) is 22.1. The maximum atomic E-state index is 2.43. The van der Waals surface area contributed by atoms with E-state index in [9.17, 15) is 0 Å². The van der Waals surface area contributed by atoms with Crippen LogP contribution in [0.15, 0.2) is 41.2 Å². The Morgan fingerprint density at radius 3 is 2.20 bits per heavy atom. The molecule has 0 aromatic heterocycles. The summed E-state index contributed by atoms with van der Waals surface area (Å²) in [7, 11) is -0.581. The number of hydrogen-bond donors (Lipinski definition) is 0. The molecule has 10 heavy (non-hydrogen) atoms. The van der Waals surface area contributed by atoms with E-state index < -0.39 is 8.80 Å². The molecule has 0 nitrogen and oxygen atoms in total. The Hall–Kier alpha value is -0.823. The van der Waals surface area contributed by atoms with Crippen molar-refractivity contribution >= 4 is 14.0 Å². The lowest BCUT2D eigenvalue weighted by molar-refractivity contribution is 1.73. The Kier molecular flexibility index (Phi) is 1.24. The molecule has 0 spiro atoms. The standard InChI is InChI=1S/C9H10Si/c1-8-7-10(8)9-5-3-2-4-6-9/h2-7,10H,1H3. The first-order chi connectivity index (χ1) is 4.88. The van der Waals surface area contributed by atoms with E-state index in [4.69, 9.17) is 0 Å². The first-order valence-electron chi connectivity index (χ1n) is 3.61. The van der Waals surface area contributed by atoms with Gasteiger partial charge in [0.25, 0.3) is 0 Å². The van der Waals surface area contributed by atoms with Crippen LogP contribution in [0.4, 0.5) is 0 Å². The Bertz CT molecular complexity index is 261. The van der Waals surface area contributed by atoms with Crippen LogP contribution in [0.3, 0.4) is 0 Å². The van der Waals surface area contributed by atoms with Gasteiger partial charge in [0.1, 0.15) is 8.80 Å². The van der Waals surface area contributed by atoms with Gasteiger partial charge >= 0.3 is 0 Å². The molecular formula is C9H10Si. The average molecular weight is 146 g/mol. The summed E-state index contributed by atoms with van der Waals surface area (Å²) in [5.41, 5.74) is 2.43. The first-order valence-corrected chi connectivity index (χ1v) is 5.43. The van der Waals surface area contributed by atoms with Crippen molar-refractivity contribution in [1.82, 2.24) is 0 Å². The van der Waals surface area contributed by atoms with Gasteiger partial charge in [-0.05, 0) is 6.92 Å². The van der Waals surface area contributed by atoms with Crippen LogP contribution in [0.5, 0.6) is 0 Å². The van der Waals surface area contributed by atoms with Gasteiger partial charge in [-0.25, -0.2) is 0 Å². The highest BCUT2D eigenvalue weighted by Crippen LogP contribution is 2.15. The molecule has 1 aliphatic heterocycles. The minimum Gasteiger partial charge on any atom is -0.0936 e. The SMILES string of the molecule is CC1=C[SiH]1c1ccccc1. The second-order valence-corrected chi connectivity index (χ2v) is 5.67. The van der Waals surface area contributed by atoms with Crippen molar-refractivity contribution in [2.45, 2.75) is 6.92 Å². The second-order valence-electron chi connectivity index (χ2n) is 2.80. The quantitative estimate of drug-likeness (QED) is 0.522. The van der Waals surface area contributed by atoms with Gasteiger partial charge in [-0.2, -0.15) is 0 Å². The molecule has 0 fully saturated rings. The molecule has 1 heterocycles. The summed E-state index contributed by atoms with van der Waals surface area (Å²) < 4.78 is 0. The van der Waals surface area contributed by atoms with Crippen molar-refractivity contribution in [3.63, 3.8) is 0 Å². The molecule has 2 rings (SSSR count). The summed E-state index contributed by atoms with van der Waals surface area (Å²) in [4.78, 5) is 0. The average Bonchev–Trinajstić information content (AvgIpc) is 2.69. The summed E-state index contributed by atoms with van der Waals surface area (Å²) >= 11 is 0. The molecule has 1 atom stereocenters. The smallest absolute Gasteiger partial charge is 0.0936 e. The van der Waals surface area contributed by atoms with Crippen LogP contribution < -0.4 is 5.19 Å². The third-order valence-electron chi connectivity index (χ3n) is 1.97. The van der Waals surface area contributed by atoms with Crippen LogP contribution in [0.25, 0.3) is 0 Å². The maximum Gasteiger partial charge on any atom is 0.119 e. The highest BCUT2D eigenvalue weighted by Gasteiger charge is 2.22. The predicted molar refractivity (Wildman–Crippen MR) is 47.0 cm³/mol. The Morgan fingerprint density at radius 2 is 1.70 bits per heavy atom. The van der Waals surface area contributed by atoms with E-state index in [0.717, 1.165) is 0 Å². The summed E-state index contributed by atoms with van der Waals surface area (Å²) in [6.45, 7) is 2.24. The van der Waals surface area contributed by atoms with Gasteiger partial charge in [-0.1, -0.05) is 46.4 Å². The van der Waals surface area contributed by atoms with Gasteiger partial charge in [0.15, 0.2) is 0 Å². The Balaban J connectivity index is 2.22. The molecule has 1 aromatic rings. The Labute approximate surface area is 62.8 Å². The van der Waals surface area contributed by atoms with Gasteiger partial charge in [0.05, 0.1) is 0 Å². The van der Waals surface area contributed by atoms with E-state index in [-0.39, 0.29) is 0 Å². The molecule has 0 bridgehead atoms. The van der Waals surface area contributed by atoms with E-state index >= 15 is 0 Å². The largest absolute Gasteiger partial charge is 0.119 e. The highest BCUT2D eigenvalue weighted by atomic mass is 28.3. The molecule has 0 amide bonds. The molecule has 0 saturated carbocycles. The van der Waals surface area contributed by atoms with Crippen LogP contribution in [-0.2, 0) is 0 Å². The molecule has 1 heteroatoms. The van der Waals surface area contributed by atoms with E-state index in [2.05, 4.69) is 43.0 Å². The van der Waals surface area contributed by atoms with E-state index in [1.54, 1.807) is 10.4 Å². The number of allylic oxidation sites excluding steroid dienone is 1. The fraction of sp³-hybridized carbons (Fsp3) is 0.111. The molecule has 50 valence electrons. The second kappa shape index (κ2) is 2.10. The fourth-order valence-electron chi connectivity index (χ4n) is 1.23. The molecule has 1 aromatic carbocycles. The molecule has 0 radical (unpaired) electrons. The zero-order valence-electron chi connectivity index (χ0n) is 6.04. The lowest BCUT2D eigenvalue weighted by Gasteiger charge is -1.94. The summed E-state index contributed by atoms with van der Waals surface area (Å²) in [6.07, 6.45) is 0. The molecule has 0 saturated heterocycles. The van der Waals surface area contributed by atoms with Crippen molar-refractivity contribution in [3.8, 4) is 0 Å². The van der Waals surface area contributed by atoms with Crippen molar-refractivity contribution < 1.29 is 0 Å². The molecule has 1 unspecified atom stereocenters. The van der Waals surface area contributed by atoms with Crippen molar-refractivity contribution in [2.24, 2.45) is 0 Å². The van der Waals surface area contributed by atoms with Crippen LogP contribution in [0.1, 0.15) is 6.92 Å². The fourth-order valence-corrected chi connectivity index (χ4v) is 3.31. The van der Waals surface area contributed by atoms with E-state index in [0.29, 0.717) is 0 Å². The van der Waals surface area contributed by atoms with Crippen molar-refractivity contribution in [1.29, 1.82) is 0 Å². The minimum atomic E-state index is -0.581. The van der Waals surface area contributed by atoms with E-state index in [1.807, 2.05) is 0 Å². The lowest BCUT2D eigenvalue weighted by Crippen LogP contribution is -2.17. The molecule has 0 N–H and O–H groups in total. The van der Waals surface area contributed by atoms with Gasteiger partial charge < -0.3 is 0 Å². The summed E-state index contributed by atoms with van der Waals surface area (Å²) in [5.74, 6) is 0. The maximum absolute atomic E-state index is 2.43.